The second-order valence-corrected chi connectivity index (χ2v) is 7.78. The van der Waals surface area contributed by atoms with Gasteiger partial charge in [-0.15, -0.1) is 12.4 Å². The van der Waals surface area contributed by atoms with Crippen LogP contribution in [0, 0.1) is 0 Å². The highest BCUT2D eigenvalue weighted by atomic mass is 35.5. The molecule has 0 saturated carbocycles. The van der Waals surface area contributed by atoms with Gasteiger partial charge in [-0.3, -0.25) is 9.59 Å². The van der Waals surface area contributed by atoms with Crippen molar-refractivity contribution in [2.45, 2.75) is 51.5 Å². The maximum Gasteiger partial charge on any atom is 0.251 e. The second-order valence-electron chi connectivity index (χ2n) is 7.78. The number of piperidine rings is 1. The summed E-state index contributed by atoms with van der Waals surface area (Å²) in [7, 11) is 1.96. The zero-order chi connectivity index (χ0) is 18.4. The first kappa shape index (κ1) is 22.5. The Morgan fingerprint density at radius 3 is 2.19 bits per heavy atom. The highest BCUT2D eigenvalue weighted by Gasteiger charge is 2.21. The average molecular weight is 382 g/mol. The first-order valence-corrected chi connectivity index (χ1v) is 9.15. The van der Waals surface area contributed by atoms with Crippen molar-refractivity contribution in [1.29, 1.82) is 0 Å². The van der Waals surface area contributed by atoms with Crippen LogP contribution in [0.4, 0.5) is 0 Å². The Labute approximate surface area is 163 Å². The van der Waals surface area contributed by atoms with Crippen molar-refractivity contribution in [2.75, 3.05) is 26.7 Å². The van der Waals surface area contributed by atoms with E-state index in [0.29, 0.717) is 24.6 Å². The zero-order valence-corrected chi connectivity index (χ0v) is 17.1. The first-order chi connectivity index (χ1) is 11.8. The molecule has 146 valence electrons. The molecular formula is C20H32ClN3O2. The normalized spacial score (nSPS) is 15.3. The lowest BCUT2D eigenvalue weighted by Gasteiger charge is -2.31. The molecule has 5 nitrogen and oxygen atoms in total. The number of hydrogen-bond donors (Lipinski definition) is 2. The quantitative estimate of drug-likeness (QED) is 0.824. The van der Waals surface area contributed by atoms with Crippen LogP contribution >= 0.6 is 12.4 Å². The molecule has 0 bridgehead atoms. The van der Waals surface area contributed by atoms with Crippen LogP contribution in [0.25, 0.3) is 0 Å². The van der Waals surface area contributed by atoms with E-state index in [1.165, 1.54) is 5.56 Å². The Balaban J connectivity index is 0.00000338. The van der Waals surface area contributed by atoms with Crippen LogP contribution in [0.1, 0.15) is 56.0 Å². The van der Waals surface area contributed by atoms with Crippen LogP contribution < -0.4 is 10.6 Å². The lowest BCUT2D eigenvalue weighted by Crippen LogP contribution is -2.44. The summed E-state index contributed by atoms with van der Waals surface area (Å²) in [4.78, 5) is 26.3. The van der Waals surface area contributed by atoms with E-state index in [9.17, 15) is 9.59 Å². The Hall–Kier alpha value is -1.59. The largest absolute Gasteiger partial charge is 0.352 e. The van der Waals surface area contributed by atoms with Gasteiger partial charge in [0.15, 0.2) is 0 Å². The minimum atomic E-state index is -0.123. The number of carbonyl (C=O) groups excluding carboxylic acids is 2. The van der Waals surface area contributed by atoms with Crippen LogP contribution in [0.5, 0.6) is 0 Å². The molecule has 0 aromatic heterocycles. The van der Waals surface area contributed by atoms with Crippen molar-refractivity contribution in [2.24, 2.45) is 0 Å². The van der Waals surface area contributed by atoms with Gasteiger partial charge in [-0.05, 0) is 43.0 Å². The van der Waals surface area contributed by atoms with E-state index in [-0.39, 0.29) is 29.6 Å². The molecule has 2 N–H and O–H groups in total. The minimum absolute atomic E-state index is 0. The molecule has 1 heterocycles. The summed E-state index contributed by atoms with van der Waals surface area (Å²) in [5.41, 5.74) is 1.90. The van der Waals surface area contributed by atoms with Gasteiger partial charge >= 0.3 is 0 Å². The van der Waals surface area contributed by atoms with Crippen LogP contribution in [-0.4, -0.2) is 49.4 Å². The predicted molar refractivity (Wildman–Crippen MR) is 108 cm³/mol. The molecule has 1 aliphatic rings. The van der Waals surface area contributed by atoms with Crippen molar-refractivity contribution < 1.29 is 9.59 Å². The molecule has 6 heteroatoms. The maximum absolute atomic E-state index is 12.2. The fourth-order valence-corrected chi connectivity index (χ4v) is 3.08. The van der Waals surface area contributed by atoms with E-state index in [1.807, 2.05) is 36.2 Å². The molecule has 26 heavy (non-hydrogen) atoms. The van der Waals surface area contributed by atoms with Crippen LogP contribution in [0.15, 0.2) is 24.3 Å². The Morgan fingerprint density at radius 2 is 1.69 bits per heavy atom. The first-order valence-electron chi connectivity index (χ1n) is 9.15. The Morgan fingerprint density at radius 1 is 1.12 bits per heavy atom. The van der Waals surface area contributed by atoms with E-state index < -0.39 is 0 Å². The van der Waals surface area contributed by atoms with Gasteiger partial charge in [-0.2, -0.15) is 0 Å². The van der Waals surface area contributed by atoms with E-state index in [2.05, 4.69) is 31.4 Å². The van der Waals surface area contributed by atoms with Crippen LogP contribution in [0.2, 0.25) is 0 Å². The third-order valence-corrected chi connectivity index (χ3v) is 4.89. The smallest absolute Gasteiger partial charge is 0.251 e. The lowest BCUT2D eigenvalue weighted by atomic mass is 9.87. The fraction of sp³-hybridized carbons (Fsp3) is 0.600. The summed E-state index contributed by atoms with van der Waals surface area (Å²) >= 11 is 0. The Bertz CT molecular complexity index is 588. The van der Waals surface area contributed by atoms with Crippen molar-refractivity contribution in [3.05, 3.63) is 35.4 Å². The molecule has 2 rings (SSSR count). The SMILES string of the molecule is CNC1CCN(C(=O)CCNC(=O)c2ccc(C(C)(C)C)cc2)CC1.Cl. The Kier molecular flexibility index (Phi) is 8.57. The third-order valence-electron chi connectivity index (χ3n) is 4.89. The highest BCUT2D eigenvalue weighted by molar-refractivity contribution is 5.94. The minimum Gasteiger partial charge on any atom is -0.352 e. The highest BCUT2D eigenvalue weighted by Crippen LogP contribution is 2.22. The molecule has 1 saturated heterocycles. The summed E-state index contributed by atoms with van der Waals surface area (Å²) in [6.07, 6.45) is 2.35. The fourth-order valence-electron chi connectivity index (χ4n) is 3.08. The number of halogens is 1. The summed E-state index contributed by atoms with van der Waals surface area (Å²) in [5, 5.41) is 6.11. The molecule has 1 aromatic rings. The van der Waals surface area contributed by atoms with Gasteiger partial charge in [-0.1, -0.05) is 32.9 Å². The van der Waals surface area contributed by atoms with E-state index in [4.69, 9.17) is 0 Å². The number of nitrogens with one attached hydrogen (secondary N) is 2. The third kappa shape index (κ3) is 6.29. The molecule has 1 aliphatic heterocycles. The van der Waals surface area contributed by atoms with Crippen molar-refractivity contribution >= 4 is 24.2 Å². The predicted octanol–water partition coefficient (Wildman–Crippen LogP) is 2.74. The number of nitrogens with zero attached hydrogens (tertiary/aromatic N) is 1. The molecule has 2 amide bonds. The summed E-state index contributed by atoms with van der Waals surface area (Å²) < 4.78 is 0. The number of amides is 2. The van der Waals surface area contributed by atoms with E-state index in [0.717, 1.165) is 25.9 Å². The second kappa shape index (κ2) is 9.93. The number of rotatable bonds is 5. The molecule has 0 unspecified atom stereocenters. The van der Waals surface area contributed by atoms with Gasteiger partial charge in [0.05, 0.1) is 0 Å². The molecule has 0 radical (unpaired) electrons. The van der Waals surface area contributed by atoms with Gasteiger partial charge in [0, 0.05) is 37.7 Å². The van der Waals surface area contributed by atoms with E-state index >= 15 is 0 Å². The maximum atomic E-state index is 12.2. The summed E-state index contributed by atoms with van der Waals surface area (Å²) in [5.74, 6) is 0.0000777. The summed E-state index contributed by atoms with van der Waals surface area (Å²) in [6.45, 7) is 8.41. The van der Waals surface area contributed by atoms with Crippen molar-refractivity contribution in [1.82, 2.24) is 15.5 Å². The molecule has 0 aliphatic carbocycles. The van der Waals surface area contributed by atoms with Crippen LogP contribution in [-0.2, 0) is 10.2 Å². The molecule has 0 atom stereocenters. The summed E-state index contributed by atoms with van der Waals surface area (Å²) in [6, 6.07) is 8.19. The molecule has 1 fully saturated rings. The van der Waals surface area contributed by atoms with Crippen molar-refractivity contribution in [3.8, 4) is 0 Å². The lowest BCUT2D eigenvalue weighted by molar-refractivity contribution is -0.132. The molecule has 0 spiro atoms. The van der Waals surface area contributed by atoms with Gasteiger partial charge < -0.3 is 15.5 Å². The zero-order valence-electron chi connectivity index (χ0n) is 16.3. The number of carbonyl (C=O) groups is 2. The molecule has 1 aromatic carbocycles. The van der Waals surface area contributed by atoms with Crippen molar-refractivity contribution in [3.63, 3.8) is 0 Å². The van der Waals surface area contributed by atoms with E-state index in [1.54, 1.807) is 0 Å². The van der Waals surface area contributed by atoms with Crippen LogP contribution in [0.3, 0.4) is 0 Å². The van der Waals surface area contributed by atoms with Gasteiger partial charge in [0.1, 0.15) is 0 Å². The molecular weight excluding hydrogens is 350 g/mol. The number of hydrogen-bond acceptors (Lipinski definition) is 3. The number of likely N-dealkylation sites (tertiary alicyclic amines) is 1. The van der Waals surface area contributed by atoms with Gasteiger partial charge in [0.25, 0.3) is 5.91 Å². The average Bonchev–Trinajstić information content (AvgIpc) is 2.61. The number of benzene rings is 1. The standard InChI is InChI=1S/C20H31N3O2.ClH/c1-20(2,3)16-7-5-15(6-8-16)19(25)22-12-9-18(24)23-13-10-17(21-4)11-14-23;/h5-8,17,21H,9-14H2,1-4H3,(H,22,25);1H. The topological polar surface area (TPSA) is 61.4 Å². The van der Waals surface area contributed by atoms with Gasteiger partial charge in [0.2, 0.25) is 5.91 Å². The monoisotopic (exact) mass is 381 g/mol. The van der Waals surface area contributed by atoms with Gasteiger partial charge in [-0.25, -0.2) is 0 Å².